The van der Waals surface area contributed by atoms with Crippen molar-refractivity contribution in [3.05, 3.63) is 66.5 Å². The number of nitriles is 1. The molecule has 0 atom stereocenters. The highest BCUT2D eigenvalue weighted by Crippen LogP contribution is 2.37. The van der Waals surface area contributed by atoms with Gasteiger partial charge in [-0.1, -0.05) is 12.1 Å². The van der Waals surface area contributed by atoms with Crippen molar-refractivity contribution in [1.82, 2.24) is 19.8 Å². The molecule has 0 spiro atoms. The second kappa shape index (κ2) is 10.9. The summed E-state index contributed by atoms with van der Waals surface area (Å²) >= 11 is 1.69. The van der Waals surface area contributed by atoms with Crippen LogP contribution in [0.25, 0.3) is 20.7 Å². The molecule has 2 fully saturated rings. The lowest BCUT2D eigenvalue weighted by Crippen LogP contribution is -2.50. The summed E-state index contributed by atoms with van der Waals surface area (Å²) in [5.74, 6) is 0.920. The van der Waals surface area contributed by atoms with Crippen molar-refractivity contribution in [2.45, 2.75) is 0 Å². The summed E-state index contributed by atoms with van der Waals surface area (Å²) in [5.41, 5.74) is 3.71. The number of benzene rings is 2. The van der Waals surface area contributed by atoms with Gasteiger partial charge in [-0.3, -0.25) is 0 Å². The molecule has 39 heavy (non-hydrogen) atoms. The lowest BCUT2D eigenvalue weighted by Gasteiger charge is -2.35. The normalized spacial score (nSPS) is 16.4. The summed E-state index contributed by atoms with van der Waals surface area (Å²) in [6.07, 6.45) is 1.64. The molecular weight excluding hydrogens is 508 g/mol. The van der Waals surface area contributed by atoms with E-state index in [9.17, 15) is 4.79 Å². The Labute approximate surface area is 231 Å². The van der Waals surface area contributed by atoms with Crippen molar-refractivity contribution in [3.63, 3.8) is 0 Å². The number of piperazine rings is 2. The van der Waals surface area contributed by atoms with Gasteiger partial charge in [-0.25, -0.2) is 14.8 Å². The van der Waals surface area contributed by atoms with Gasteiger partial charge in [0.2, 0.25) is 0 Å². The molecule has 0 bridgehead atoms. The second-order valence-corrected chi connectivity index (χ2v) is 11.0. The van der Waals surface area contributed by atoms with Crippen molar-refractivity contribution < 1.29 is 4.79 Å². The first-order chi connectivity index (χ1) is 19.1. The SMILES string of the molecule is CN1CCN(c2ccc(-c3cc4c(N5CCN(C(=O)Nc6ccc(C#N)cc6)CC5)ncnc4s3)cc2)CC1. The Bertz CT molecular complexity index is 1500. The third-order valence-corrected chi connectivity index (χ3v) is 8.55. The average molecular weight is 539 g/mol. The zero-order valence-corrected chi connectivity index (χ0v) is 22.7. The third-order valence-electron chi connectivity index (χ3n) is 7.46. The monoisotopic (exact) mass is 538 g/mol. The first-order valence-electron chi connectivity index (χ1n) is 13.2. The van der Waals surface area contributed by atoms with E-state index < -0.39 is 0 Å². The molecule has 2 aliphatic rings. The first kappa shape index (κ1) is 25.1. The van der Waals surface area contributed by atoms with Crippen LogP contribution in [0.4, 0.5) is 22.0 Å². The molecule has 9 nitrogen and oxygen atoms in total. The summed E-state index contributed by atoms with van der Waals surface area (Å²) in [5, 5.41) is 12.9. The zero-order valence-electron chi connectivity index (χ0n) is 21.9. The number of nitrogens with zero attached hydrogens (tertiary/aromatic N) is 7. The lowest BCUT2D eigenvalue weighted by molar-refractivity contribution is 0.208. The number of carbonyl (C=O) groups is 1. The highest BCUT2D eigenvalue weighted by molar-refractivity contribution is 7.21. The van der Waals surface area contributed by atoms with Crippen LogP contribution in [0.3, 0.4) is 0 Å². The van der Waals surface area contributed by atoms with E-state index >= 15 is 0 Å². The predicted molar refractivity (Wildman–Crippen MR) is 157 cm³/mol. The van der Waals surface area contributed by atoms with E-state index in [4.69, 9.17) is 5.26 Å². The van der Waals surface area contributed by atoms with E-state index in [0.29, 0.717) is 37.4 Å². The Kier molecular flexibility index (Phi) is 7.00. The van der Waals surface area contributed by atoms with E-state index in [1.54, 1.807) is 41.9 Å². The summed E-state index contributed by atoms with van der Waals surface area (Å²) in [7, 11) is 2.18. The Morgan fingerprint density at radius 1 is 0.897 bits per heavy atom. The Hall–Kier alpha value is -4.20. The van der Waals surface area contributed by atoms with Crippen LogP contribution in [0.5, 0.6) is 0 Å². The molecule has 0 saturated carbocycles. The molecule has 1 N–H and O–H groups in total. The van der Waals surface area contributed by atoms with Crippen molar-refractivity contribution in [2.24, 2.45) is 0 Å². The van der Waals surface area contributed by atoms with Gasteiger partial charge in [0.05, 0.1) is 17.0 Å². The van der Waals surface area contributed by atoms with Gasteiger partial charge >= 0.3 is 6.03 Å². The molecule has 10 heteroatoms. The minimum Gasteiger partial charge on any atom is -0.369 e. The molecule has 2 saturated heterocycles. The summed E-state index contributed by atoms with van der Waals surface area (Å²) in [6.45, 7) is 6.88. The number of fused-ring (bicyclic) bond motifs is 1. The summed E-state index contributed by atoms with van der Waals surface area (Å²) in [6, 6.07) is 19.9. The number of urea groups is 1. The number of hydrogen-bond donors (Lipinski definition) is 1. The van der Waals surface area contributed by atoms with Crippen LogP contribution in [0.1, 0.15) is 5.56 Å². The number of likely N-dealkylation sites (N-methyl/N-ethyl adjacent to an activating group) is 1. The van der Waals surface area contributed by atoms with Crippen LogP contribution in [-0.2, 0) is 0 Å². The van der Waals surface area contributed by atoms with Crippen LogP contribution in [0, 0.1) is 11.3 Å². The molecule has 198 valence electrons. The molecule has 0 unspecified atom stereocenters. The largest absolute Gasteiger partial charge is 0.369 e. The highest BCUT2D eigenvalue weighted by atomic mass is 32.1. The van der Waals surface area contributed by atoms with E-state index in [2.05, 4.69) is 73.4 Å². The van der Waals surface area contributed by atoms with Crippen molar-refractivity contribution in [2.75, 3.05) is 74.5 Å². The summed E-state index contributed by atoms with van der Waals surface area (Å²) < 4.78 is 0. The fraction of sp³-hybridized carbons (Fsp3) is 0.310. The minimum atomic E-state index is -0.134. The number of amides is 2. The Morgan fingerprint density at radius 2 is 1.59 bits per heavy atom. The number of aromatic nitrogens is 2. The molecule has 4 heterocycles. The van der Waals surface area contributed by atoms with Gasteiger partial charge in [-0.15, -0.1) is 11.3 Å². The van der Waals surface area contributed by atoms with Crippen molar-refractivity contribution in [3.8, 4) is 16.5 Å². The van der Waals surface area contributed by atoms with Crippen LogP contribution in [-0.4, -0.2) is 85.2 Å². The molecule has 2 aromatic heterocycles. The standard InChI is InChI=1S/C29H30N8OS/c1-34-10-12-35(13-11-34)24-8-4-22(5-9-24)26-18-25-27(31-20-32-28(25)39-26)36-14-16-37(17-15-36)29(38)33-23-6-2-21(19-30)3-7-23/h2-9,18,20H,10-17H2,1H3,(H,33,38). The zero-order chi connectivity index (χ0) is 26.8. The molecule has 2 aliphatic heterocycles. The van der Waals surface area contributed by atoms with E-state index in [-0.39, 0.29) is 6.03 Å². The van der Waals surface area contributed by atoms with Crippen molar-refractivity contribution in [1.29, 1.82) is 5.26 Å². The van der Waals surface area contributed by atoms with Gasteiger partial charge in [0.25, 0.3) is 0 Å². The van der Waals surface area contributed by atoms with Crippen molar-refractivity contribution >= 4 is 44.8 Å². The lowest BCUT2D eigenvalue weighted by atomic mass is 10.1. The maximum Gasteiger partial charge on any atom is 0.321 e. The summed E-state index contributed by atoms with van der Waals surface area (Å²) in [4.78, 5) is 33.0. The Morgan fingerprint density at radius 3 is 2.28 bits per heavy atom. The highest BCUT2D eigenvalue weighted by Gasteiger charge is 2.24. The quantitative estimate of drug-likeness (QED) is 0.413. The number of nitrogens with one attached hydrogen (secondary N) is 1. The first-order valence-corrected chi connectivity index (χ1v) is 14.0. The van der Waals surface area contributed by atoms with Gasteiger partial charge in [-0.2, -0.15) is 5.26 Å². The van der Waals surface area contributed by atoms with Crippen LogP contribution >= 0.6 is 11.3 Å². The van der Waals surface area contributed by atoms with Crippen LogP contribution < -0.4 is 15.1 Å². The molecule has 2 aromatic carbocycles. The van der Waals surface area contributed by atoms with Gasteiger partial charge in [-0.05, 0) is 55.1 Å². The minimum absolute atomic E-state index is 0.134. The fourth-order valence-corrected chi connectivity index (χ4v) is 6.09. The third kappa shape index (κ3) is 5.37. The molecule has 6 rings (SSSR count). The molecule has 0 aliphatic carbocycles. The molecule has 4 aromatic rings. The van der Waals surface area contributed by atoms with Gasteiger partial charge < -0.3 is 24.9 Å². The second-order valence-electron chi connectivity index (χ2n) is 9.96. The topological polar surface area (TPSA) is 91.6 Å². The van der Waals surface area contributed by atoms with E-state index in [1.807, 2.05) is 4.90 Å². The van der Waals surface area contributed by atoms with Gasteiger partial charge in [0.1, 0.15) is 17.0 Å². The average Bonchev–Trinajstić information content (AvgIpc) is 3.43. The van der Waals surface area contributed by atoms with E-state index in [1.165, 1.54) is 16.1 Å². The molecule has 2 amide bonds. The number of carbonyl (C=O) groups excluding carboxylic acids is 1. The molecule has 0 radical (unpaired) electrons. The maximum absolute atomic E-state index is 12.8. The fourth-order valence-electron chi connectivity index (χ4n) is 5.09. The van der Waals surface area contributed by atoms with Gasteiger partial charge in [0.15, 0.2) is 0 Å². The number of hydrogen-bond acceptors (Lipinski definition) is 8. The smallest absolute Gasteiger partial charge is 0.321 e. The number of thiophene rings is 1. The maximum atomic E-state index is 12.8. The molecular formula is C29H30N8OS. The van der Waals surface area contributed by atoms with Crippen LogP contribution in [0.2, 0.25) is 0 Å². The van der Waals surface area contributed by atoms with Crippen LogP contribution in [0.15, 0.2) is 60.9 Å². The Balaban J connectivity index is 1.12. The number of rotatable bonds is 4. The van der Waals surface area contributed by atoms with Gasteiger partial charge in [0, 0.05) is 68.6 Å². The predicted octanol–water partition coefficient (Wildman–Crippen LogP) is 4.34. The number of anilines is 3. The van der Waals surface area contributed by atoms with E-state index in [0.717, 1.165) is 42.2 Å².